The van der Waals surface area contributed by atoms with Crippen molar-refractivity contribution < 1.29 is 9.47 Å². The van der Waals surface area contributed by atoms with Crippen molar-refractivity contribution in [2.45, 2.75) is 13.0 Å². The molecule has 0 aliphatic carbocycles. The number of guanidine groups is 1. The van der Waals surface area contributed by atoms with Crippen LogP contribution in [0.5, 0.6) is 11.5 Å². The fraction of sp³-hybridized carbons (Fsp3) is 0.235. The van der Waals surface area contributed by atoms with Crippen LogP contribution < -0.4 is 20.9 Å². The molecule has 0 amide bonds. The molecule has 0 spiro atoms. The highest BCUT2D eigenvalue weighted by Gasteiger charge is 2.02. The third-order valence-electron chi connectivity index (χ3n) is 3.08. The van der Waals surface area contributed by atoms with Crippen molar-refractivity contribution in [2.75, 3.05) is 13.2 Å². The topological polar surface area (TPSA) is 82.9 Å². The van der Waals surface area contributed by atoms with Crippen LogP contribution in [0.2, 0.25) is 10.0 Å². The molecule has 2 aromatic carbocycles. The van der Waals surface area contributed by atoms with E-state index in [2.05, 4.69) is 4.99 Å². The number of benzene rings is 2. The molecule has 0 heterocycles. The first-order valence-corrected chi connectivity index (χ1v) is 8.15. The van der Waals surface area contributed by atoms with Crippen molar-refractivity contribution >= 4 is 29.2 Å². The van der Waals surface area contributed by atoms with E-state index in [0.717, 1.165) is 17.7 Å². The van der Waals surface area contributed by atoms with Gasteiger partial charge in [0.2, 0.25) is 0 Å². The van der Waals surface area contributed by atoms with E-state index < -0.39 is 0 Å². The predicted octanol–water partition coefficient (Wildman–Crippen LogP) is 3.61. The quantitative estimate of drug-likeness (QED) is 0.424. The second kappa shape index (κ2) is 9.25. The minimum absolute atomic E-state index is 0.0797. The summed E-state index contributed by atoms with van der Waals surface area (Å²) in [6.45, 7) is 1.50. The standard InChI is InChI=1S/C17H19Cl2N3O2/c18-13-4-7-16(15(19)10-13)24-9-1-8-23-14-5-2-12(3-6-14)11-22-17(20)21/h2-7,10H,1,8-9,11H2,(H4,20,21,22). The Bertz CT molecular complexity index is 687. The average Bonchev–Trinajstić information content (AvgIpc) is 2.55. The van der Waals surface area contributed by atoms with Crippen LogP contribution in [0.15, 0.2) is 47.5 Å². The second-order valence-electron chi connectivity index (χ2n) is 5.01. The van der Waals surface area contributed by atoms with Gasteiger partial charge < -0.3 is 20.9 Å². The molecule has 2 aromatic rings. The fourth-order valence-electron chi connectivity index (χ4n) is 1.90. The van der Waals surface area contributed by atoms with E-state index in [0.29, 0.717) is 35.6 Å². The lowest BCUT2D eigenvalue weighted by Crippen LogP contribution is -2.22. The smallest absolute Gasteiger partial charge is 0.186 e. The molecular weight excluding hydrogens is 349 g/mol. The summed E-state index contributed by atoms with van der Waals surface area (Å²) in [5.41, 5.74) is 11.6. The molecule has 7 heteroatoms. The van der Waals surface area contributed by atoms with Gasteiger partial charge in [-0.3, -0.25) is 0 Å². The Morgan fingerprint density at radius 1 is 0.958 bits per heavy atom. The van der Waals surface area contributed by atoms with Gasteiger partial charge in [0.05, 0.1) is 24.8 Å². The molecule has 128 valence electrons. The number of halogens is 2. The molecule has 0 bridgehead atoms. The SMILES string of the molecule is NC(N)=NCc1ccc(OCCCOc2ccc(Cl)cc2Cl)cc1. The Morgan fingerprint density at radius 3 is 2.33 bits per heavy atom. The van der Waals surface area contributed by atoms with Crippen LogP contribution in [0.1, 0.15) is 12.0 Å². The van der Waals surface area contributed by atoms with Gasteiger partial charge in [-0.1, -0.05) is 35.3 Å². The van der Waals surface area contributed by atoms with Crippen molar-refractivity contribution in [2.24, 2.45) is 16.5 Å². The molecule has 0 radical (unpaired) electrons. The third-order valence-corrected chi connectivity index (χ3v) is 3.61. The van der Waals surface area contributed by atoms with Crippen molar-refractivity contribution in [1.82, 2.24) is 0 Å². The average molecular weight is 368 g/mol. The molecular formula is C17H19Cl2N3O2. The molecule has 0 unspecified atom stereocenters. The van der Waals surface area contributed by atoms with Crippen LogP contribution >= 0.6 is 23.2 Å². The minimum atomic E-state index is 0.0797. The number of hydrogen-bond donors (Lipinski definition) is 2. The summed E-state index contributed by atoms with van der Waals surface area (Å²) in [5, 5.41) is 1.08. The van der Waals surface area contributed by atoms with E-state index in [4.69, 9.17) is 44.1 Å². The molecule has 0 saturated carbocycles. The van der Waals surface area contributed by atoms with Crippen LogP contribution in [0.4, 0.5) is 0 Å². The van der Waals surface area contributed by atoms with Crippen molar-refractivity contribution in [3.05, 3.63) is 58.1 Å². The summed E-state index contributed by atoms with van der Waals surface area (Å²) in [7, 11) is 0. The number of ether oxygens (including phenoxy) is 2. The zero-order valence-electron chi connectivity index (χ0n) is 13.0. The highest BCUT2D eigenvalue weighted by atomic mass is 35.5. The summed E-state index contributed by atoms with van der Waals surface area (Å²) < 4.78 is 11.2. The Labute approximate surface area is 151 Å². The summed E-state index contributed by atoms with van der Waals surface area (Å²) in [4.78, 5) is 3.95. The zero-order valence-corrected chi connectivity index (χ0v) is 14.6. The molecule has 2 rings (SSSR count). The Balaban J connectivity index is 1.69. The number of hydrogen-bond acceptors (Lipinski definition) is 3. The van der Waals surface area contributed by atoms with Gasteiger partial charge in [0, 0.05) is 11.4 Å². The zero-order chi connectivity index (χ0) is 17.4. The van der Waals surface area contributed by atoms with Gasteiger partial charge in [-0.25, -0.2) is 4.99 Å². The van der Waals surface area contributed by atoms with Gasteiger partial charge in [-0.15, -0.1) is 0 Å². The summed E-state index contributed by atoms with van der Waals surface area (Å²) >= 11 is 11.9. The first-order valence-electron chi connectivity index (χ1n) is 7.39. The summed E-state index contributed by atoms with van der Waals surface area (Å²) in [6.07, 6.45) is 0.731. The van der Waals surface area contributed by atoms with Crippen LogP contribution in [-0.2, 0) is 6.54 Å². The van der Waals surface area contributed by atoms with Gasteiger partial charge in [-0.05, 0) is 35.9 Å². The van der Waals surface area contributed by atoms with E-state index >= 15 is 0 Å². The Kier molecular flexibility index (Phi) is 7.03. The largest absolute Gasteiger partial charge is 0.493 e. The Morgan fingerprint density at radius 2 is 1.67 bits per heavy atom. The molecule has 0 saturated heterocycles. The molecule has 0 atom stereocenters. The fourth-order valence-corrected chi connectivity index (χ4v) is 2.36. The van der Waals surface area contributed by atoms with E-state index in [1.165, 1.54) is 0 Å². The van der Waals surface area contributed by atoms with Gasteiger partial charge in [0.15, 0.2) is 5.96 Å². The number of nitrogens with two attached hydrogens (primary N) is 2. The minimum Gasteiger partial charge on any atom is -0.493 e. The number of nitrogens with zero attached hydrogens (tertiary/aromatic N) is 1. The van der Waals surface area contributed by atoms with E-state index in [-0.39, 0.29) is 5.96 Å². The third kappa shape index (κ3) is 6.18. The first kappa shape index (κ1) is 18.2. The monoisotopic (exact) mass is 367 g/mol. The van der Waals surface area contributed by atoms with E-state index in [9.17, 15) is 0 Å². The maximum Gasteiger partial charge on any atom is 0.186 e. The second-order valence-corrected chi connectivity index (χ2v) is 5.85. The molecule has 24 heavy (non-hydrogen) atoms. The van der Waals surface area contributed by atoms with Gasteiger partial charge in [0.25, 0.3) is 0 Å². The van der Waals surface area contributed by atoms with E-state index in [1.54, 1.807) is 18.2 Å². The van der Waals surface area contributed by atoms with Gasteiger partial charge in [-0.2, -0.15) is 0 Å². The van der Waals surface area contributed by atoms with Crippen LogP contribution in [0.3, 0.4) is 0 Å². The first-order chi connectivity index (χ1) is 11.5. The normalized spacial score (nSPS) is 10.2. The van der Waals surface area contributed by atoms with Crippen LogP contribution in [-0.4, -0.2) is 19.2 Å². The molecule has 0 aliphatic heterocycles. The van der Waals surface area contributed by atoms with Crippen molar-refractivity contribution in [3.63, 3.8) is 0 Å². The molecule has 0 aliphatic rings. The highest BCUT2D eigenvalue weighted by Crippen LogP contribution is 2.27. The number of aliphatic imine (C=N–C) groups is 1. The predicted molar refractivity (Wildman–Crippen MR) is 98.0 cm³/mol. The lowest BCUT2D eigenvalue weighted by atomic mass is 10.2. The molecule has 0 fully saturated rings. The van der Waals surface area contributed by atoms with Crippen molar-refractivity contribution in [3.8, 4) is 11.5 Å². The molecule has 4 N–H and O–H groups in total. The van der Waals surface area contributed by atoms with Crippen LogP contribution in [0, 0.1) is 0 Å². The number of rotatable bonds is 8. The van der Waals surface area contributed by atoms with E-state index in [1.807, 2.05) is 24.3 Å². The maximum atomic E-state index is 6.03. The summed E-state index contributed by atoms with van der Waals surface area (Å²) in [6, 6.07) is 12.8. The lowest BCUT2D eigenvalue weighted by molar-refractivity contribution is 0.247. The van der Waals surface area contributed by atoms with Crippen molar-refractivity contribution in [1.29, 1.82) is 0 Å². The lowest BCUT2D eigenvalue weighted by Gasteiger charge is -2.09. The van der Waals surface area contributed by atoms with Gasteiger partial charge >= 0.3 is 0 Å². The van der Waals surface area contributed by atoms with Crippen LogP contribution in [0.25, 0.3) is 0 Å². The van der Waals surface area contributed by atoms with Gasteiger partial charge in [0.1, 0.15) is 11.5 Å². The summed E-state index contributed by atoms with van der Waals surface area (Å²) in [5.74, 6) is 1.48. The molecule has 5 nitrogen and oxygen atoms in total. The highest BCUT2D eigenvalue weighted by molar-refractivity contribution is 6.35. The maximum absolute atomic E-state index is 6.03. The Hall–Kier alpha value is -2.11. The molecule has 0 aromatic heterocycles.